The summed E-state index contributed by atoms with van der Waals surface area (Å²) in [5.41, 5.74) is 2.94. The molecule has 2 rings (SSSR count). The number of anilines is 1. The fraction of sp³-hybridized carbons (Fsp3) is 0.348. The molecular formula is C23H27N3O3. The third-order valence-corrected chi connectivity index (χ3v) is 4.69. The monoisotopic (exact) mass is 393 g/mol. The predicted octanol–water partition coefficient (Wildman–Crippen LogP) is 5.68. The first-order chi connectivity index (χ1) is 14.0. The van der Waals surface area contributed by atoms with Crippen LogP contribution in [0.2, 0.25) is 0 Å². The zero-order chi connectivity index (χ0) is 21.2. The number of non-ortho nitro benzene ring substituents is 1. The minimum absolute atomic E-state index is 0.00166. The molecule has 6 nitrogen and oxygen atoms in total. The quantitative estimate of drug-likeness (QED) is 0.170. The van der Waals surface area contributed by atoms with E-state index < -0.39 is 4.92 Å². The molecule has 0 aliphatic carbocycles. The molecule has 0 saturated heterocycles. The topological polar surface area (TPSA) is 79.4 Å². The number of hydrogen-bond acceptors (Lipinski definition) is 5. The van der Waals surface area contributed by atoms with E-state index in [1.807, 2.05) is 18.2 Å². The van der Waals surface area contributed by atoms with Gasteiger partial charge in [0.1, 0.15) is 5.75 Å². The molecule has 2 aromatic carbocycles. The molecule has 0 aliphatic rings. The lowest BCUT2D eigenvalue weighted by Crippen LogP contribution is -2.21. The first kappa shape index (κ1) is 22.0. The predicted molar refractivity (Wildman–Crippen MR) is 117 cm³/mol. The Morgan fingerprint density at radius 3 is 2.41 bits per heavy atom. The molecule has 6 heteroatoms. The van der Waals surface area contributed by atoms with E-state index in [0.29, 0.717) is 17.7 Å². The average molecular weight is 393 g/mol. The molecule has 0 radical (unpaired) electrons. The second-order valence-electron chi connectivity index (χ2n) is 6.57. The van der Waals surface area contributed by atoms with Crippen LogP contribution in [0.1, 0.15) is 44.7 Å². The van der Waals surface area contributed by atoms with Crippen LogP contribution in [-0.2, 0) is 0 Å². The molecule has 29 heavy (non-hydrogen) atoms. The van der Waals surface area contributed by atoms with Gasteiger partial charge in [-0.1, -0.05) is 13.3 Å². The van der Waals surface area contributed by atoms with E-state index in [0.717, 1.165) is 42.9 Å². The Morgan fingerprint density at radius 2 is 1.86 bits per heavy atom. The normalized spacial score (nSPS) is 11.0. The van der Waals surface area contributed by atoms with Crippen molar-refractivity contribution in [3.8, 4) is 11.8 Å². The van der Waals surface area contributed by atoms with Gasteiger partial charge in [-0.15, -0.1) is 0 Å². The molecule has 0 amide bonds. The Hall–Kier alpha value is -3.33. The van der Waals surface area contributed by atoms with Gasteiger partial charge in [0.2, 0.25) is 0 Å². The Labute approximate surface area is 172 Å². The zero-order valence-electron chi connectivity index (χ0n) is 17.2. The van der Waals surface area contributed by atoms with Crippen LogP contribution in [0.15, 0.2) is 42.5 Å². The lowest BCUT2D eigenvalue weighted by Gasteiger charge is -2.22. The molecule has 0 aliphatic heterocycles. The average Bonchev–Trinajstić information content (AvgIpc) is 2.74. The highest BCUT2D eigenvalue weighted by Gasteiger charge is 2.11. The van der Waals surface area contributed by atoms with E-state index in [4.69, 9.17) is 4.74 Å². The second kappa shape index (κ2) is 10.9. The zero-order valence-corrected chi connectivity index (χ0v) is 17.2. The van der Waals surface area contributed by atoms with Crippen LogP contribution >= 0.6 is 0 Å². The maximum atomic E-state index is 10.9. The van der Waals surface area contributed by atoms with Gasteiger partial charge in [0, 0.05) is 42.5 Å². The van der Waals surface area contributed by atoms with E-state index >= 15 is 0 Å². The van der Waals surface area contributed by atoms with E-state index in [2.05, 4.69) is 31.7 Å². The molecule has 0 heterocycles. The van der Waals surface area contributed by atoms with Crippen molar-refractivity contribution in [2.24, 2.45) is 0 Å². The standard InChI is InChI=1S/C23H27N3O3/c1-4-7-14-29-23-16-22(25(5-2)6-3)13-10-19(23)15-20(17-24)18-8-11-21(12-9-18)26(27)28/h8-13,15-16H,4-7,14H2,1-3H3/b20-15+. The van der Waals surface area contributed by atoms with Gasteiger partial charge in [-0.25, -0.2) is 0 Å². The maximum Gasteiger partial charge on any atom is 0.269 e. The van der Waals surface area contributed by atoms with E-state index in [-0.39, 0.29) is 5.69 Å². The van der Waals surface area contributed by atoms with Crippen molar-refractivity contribution in [2.75, 3.05) is 24.6 Å². The Bertz CT molecular complexity index is 895. The molecule has 0 fully saturated rings. The van der Waals surface area contributed by atoms with Gasteiger partial charge in [0.05, 0.1) is 23.2 Å². The molecule has 0 atom stereocenters. The fourth-order valence-corrected chi connectivity index (χ4v) is 2.98. The summed E-state index contributed by atoms with van der Waals surface area (Å²) in [6.45, 7) is 8.73. The first-order valence-electron chi connectivity index (χ1n) is 9.92. The lowest BCUT2D eigenvalue weighted by molar-refractivity contribution is -0.384. The summed E-state index contributed by atoms with van der Waals surface area (Å²) < 4.78 is 6.02. The van der Waals surface area contributed by atoms with Crippen LogP contribution in [0.3, 0.4) is 0 Å². The highest BCUT2D eigenvalue weighted by atomic mass is 16.6. The summed E-state index contributed by atoms with van der Waals surface area (Å²) >= 11 is 0. The van der Waals surface area contributed by atoms with Crippen molar-refractivity contribution < 1.29 is 9.66 Å². The minimum atomic E-state index is -0.453. The maximum absolute atomic E-state index is 10.9. The van der Waals surface area contributed by atoms with Gasteiger partial charge >= 0.3 is 0 Å². The van der Waals surface area contributed by atoms with Crippen LogP contribution < -0.4 is 9.64 Å². The Morgan fingerprint density at radius 1 is 1.17 bits per heavy atom. The van der Waals surface area contributed by atoms with E-state index in [9.17, 15) is 15.4 Å². The van der Waals surface area contributed by atoms with Crippen LogP contribution in [0.25, 0.3) is 11.6 Å². The van der Waals surface area contributed by atoms with Crippen molar-refractivity contribution in [3.05, 3.63) is 63.7 Å². The van der Waals surface area contributed by atoms with Crippen LogP contribution in [0.4, 0.5) is 11.4 Å². The first-order valence-corrected chi connectivity index (χ1v) is 9.92. The minimum Gasteiger partial charge on any atom is -0.493 e. The van der Waals surface area contributed by atoms with Crippen molar-refractivity contribution in [1.82, 2.24) is 0 Å². The summed E-state index contributed by atoms with van der Waals surface area (Å²) in [6.07, 6.45) is 3.76. The number of allylic oxidation sites excluding steroid dienone is 1. The van der Waals surface area contributed by atoms with Crippen molar-refractivity contribution >= 4 is 23.0 Å². The van der Waals surface area contributed by atoms with Gasteiger partial charge in [-0.2, -0.15) is 5.26 Å². The van der Waals surface area contributed by atoms with Gasteiger partial charge < -0.3 is 9.64 Å². The SMILES string of the molecule is CCCCOc1cc(N(CC)CC)ccc1/C=C(\C#N)c1ccc([N+](=O)[O-])cc1. The van der Waals surface area contributed by atoms with E-state index in [1.165, 1.54) is 12.1 Å². The van der Waals surface area contributed by atoms with Gasteiger partial charge in [-0.05, 0) is 56.2 Å². The Kier molecular flexibility index (Phi) is 8.23. The highest BCUT2D eigenvalue weighted by Crippen LogP contribution is 2.30. The molecule has 152 valence electrons. The molecule has 0 bridgehead atoms. The highest BCUT2D eigenvalue weighted by molar-refractivity contribution is 5.91. The molecule has 0 aromatic heterocycles. The molecule has 0 saturated carbocycles. The number of rotatable bonds is 10. The molecule has 0 spiro atoms. The van der Waals surface area contributed by atoms with Crippen molar-refractivity contribution in [1.29, 1.82) is 5.26 Å². The Balaban J connectivity index is 2.43. The summed E-state index contributed by atoms with van der Waals surface area (Å²) in [7, 11) is 0. The fourth-order valence-electron chi connectivity index (χ4n) is 2.98. The molecule has 0 N–H and O–H groups in total. The number of ether oxygens (including phenoxy) is 1. The summed E-state index contributed by atoms with van der Waals surface area (Å²) in [4.78, 5) is 12.6. The van der Waals surface area contributed by atoms with Crippen LogP contribution in [-0.4, -0.2) is 24.6 Å². The number of hydrogen-bond donors (Lipinski definition) is 0. The molecule has 2 aromatic rings. The lowest BCUT2D eigenvalue weighted by atomic mass is 10.0. The summed E-state index contributed by atoms with van der Waals surface area (Å²) in [6, 6.07) is 14.2. The molecule has 0 unspecified atom stereocenters. The number of unbranched alkanes of at least 4 members (excludes halogenated alkanes) is 1. The number of nitro groups is 1. The summed E-state index contributed by atoms with van der Waals surface area (Å²) in [5, 5.41) is 20.5. The molecular weight excluding hydrogens is 366 g/mol. The summed E-state index contributed by atoms with van der Waals surface area (Å²) in [5.74, 6) is 0.734. The van der Waals surface area contributed by atoms with Crippen LogP contribution in [0, 0.1) is 21.4 Å². The van der Waals surface area contributed by atoms with Crippen molar-refractivity contribution in [3.63, 3.8) is 0 Å². The van der Waals surface area contributed by atoms with Gasteiger partial charge in [-0.3, -0.25) is 10.1 Å². The number of benzene rings is 2. The van der Waals surface area contributed by atoms with Crippen molar-refractivity contribution in [2.45, 2.75) is 33.6 Å². The largest absolute Gasteiger partial charge is 0.493 e. The van der Waals surface area contributed by atoms with E-state index in [1.54, 1.807) is 18.2 Å². The second-order valence-corrected chi connectivity index (χ2v) is 6.57. The van der Waals surface area contributed by atoms with Gasteiger partial charge in [0.25, 0.3) is 5.69 Å². The number of nitro benzene ring substituents is 1. The third-order valence-electron chi connectivity index (χ3n) is 4.69. The number of nitriles is 1. The number of nitrogens with zero attached hydrogens (tertiary/aromatic N) is 3. The van der Waals surface area contributed by atoms with Crippen LogP contribution in [0.5, 0.6) is 5.75 Å². The third kappa shape index (κ3) is 5.82. The smallest absolute Gasteiger partial charge is 0.269 e. The van der Waals surface area contributed by atoms with Gasteiger partial charge in [0.15, 0.2) is 0 Å².